The quantitative estimate of drug-likeness (QED) is 0.454. The van der Waals surface area contributed by atoms with Crippen LogP contribution in [0.1, 0.15) is 10.4 Å². The van der Waals surface area contributed by atoms with Gasteiger partial charge in [-0.2, -0.15) is 0 Å². The first-order valence-electron chi connectivity index (χ1n) is 6.64. The Hall–Kier alpha value is -2.35. The Labute approximate surface area is 156 Å². The number of rotatable bonds is 5. The summed E-state index contributed by atoms with van der Waals surface area (Å²) in [7, 11) is 0. The molecule has 0 aliphatic rings. The number of carbonyl (C=O) groups excluding carboxylic acids is 2. The number of ether oxygens (including phenoxy) is 1. The summed E-state index contributed by atoms with van der Waals surface area (Å²) in [5.41, 5.74) is -0.284. The molecule has 0 unspecified atom stereocenters. The van der Waals surface area contributed by atoms with Gasteiger partial charge in [0.25, 0.3) is 11.6 Å². The maximum absolute atomic E-state index is 12.0. The fraction of sp³-hybridized carbons (Fsp3) is 0.0667. The molecule has 1 N–H and O–H groups in total. The van der Waals surface area contributed by atoms with Gasteiger partial charge in [-0.3, -0.25) is 14.9 Å². The summed E-state index contributed by atoms with van der Waals surface area (Å²) in [6.45, 7) is -0.628. The Kier molecular flexibility index (Phi) is 6.19. The Morgan fingerprint density at radius 3 is 2.32 bits per heavy atom. The Balaban J connectivity index is 2.00. The summed E-state index contributed by atoms with van der Waals surface area (Å²) in [4.78, 5) is 33.9. The average molecular weight is 404 g/mol. The van der Waals surface area contributed by atoms with Gasteiger partial charge in [-0.15, -0.1) is 0 Å². The lowest BCUT2D eigenvalue weighted by Gasteiger charge is -2.08. The molecule has 25 heavy (non-hydrogen) atoms. The fourth-order valence-electron chi connectivity index (χ4n) is 1.82. The van der Waals surface area contributed by atoms with E-state index in [9.17, 15) is 19.7 Å². The van der Waals surface area contributed by atoms with Crippen LogP contribution in [0, 0.1) is 10.1 Å². The third-order valence-electron chi connectivity index (χ3n) is 2.93. The molecule has 0 heterocycles. The van der Waals surface area contributed by atoms with E-state index in [-0.39, 0.29) is 32.0 Å². The van der Waals surface area contributed by atoms with Gasteiger partial charge in [-0.05, 0) is 24.3 Å². The summed E-state index contributed by atoms with van der Waals surface area (Å²) in [6, 6.07) is 8.20. The molecule has 0 saturated carbocycles. The van der Waals surface area contributed by atoms with Gasteiger partial charge in [-0.25, -0.2) is 4.79 Å². The van der Waals surface area contributed by atoms with Crippen molar-refractivity contribution in [2.45, 2.75) is 0 Å². The molecule has 2 aromatic carbocycles. The minimum atomic E-state index is -0.868. The molecule has 130 valence electrons. The van der Waals surface area contributed by atoms with Crippen molar-refractivity contribution in [1.82, 2.24) is 0 Å². The predicted octanol–water partition coefficient (Wildman–Crippen LogP) is 4.35. The van der Waals surface area contributed by atoms with Crippen molar-refractivity contribution in [2.75, 3.05) is 11.9 Å². The highest BCUT2D eigenvalue weighted by atomic mass is 35.5. The SMILES string of the molecule is O=C(COC(=O)c1c(Cl)cccc1Cl)Nc1ccc(Cl)c([N+](=O)[O-])c1. The third-order valence-corrected chi connectivity index (χ3v) is 3.88. The number of nitro groups is 1. The number of hydrogen-bond donors (Lipinski definition) is 1. The number of nitrogens with one attached hydrogen (secondary N) is 1. The largest absolute Gasteiger partial charge is 0.452 e. The zero-order valence-corrected chi connectivity index (χ0v) is 14.6. The fourth-order valence-corrected chi connectivity index (χ4v) is 2.56. The Morgan fingerprint density at radius 1 is 1.08 bits per heavy atom. The van der Waals surface area contributed by atoms with E-state index < -0.39 is 23.4 Å². The lowest BCUT2D eigenvalue weighted by molar-refractivity contribution is -0.384. The lowest BCUT2D eigenvalue weighted by Crippen LogP contribution is -2.21. The second-order valence-corrected chi connectivity index (χ2v) is 5.87. The molecule has 0 atom stereocenters. The molecular weight excluding hydrogens is 395 g/mol. The van der Waals surface area contributed by atoms with E-state index in [0.717, 1.165) is 6.07 Å². The summed E-state index contributed by atoms with van der Waals surface area (Å²) in [5.74, 6) is -1.57. The van der Waals surface area contributed by atoms with Crippen molar-refractivity contribution >= 4 is 58.1 Å². The predicted molar refractivity (Wildman–Crippen MR) is 93.5 cm³/mol. The van der Waals surface area contributed by atoms with E-state index in [2.05, 4.69) is 5.32 Å². The summed E-state index contributed by atoms with van der Waals surface area (Å²) >= 11 is 17.4. The molecule has 0 saturated heterocycles. The van der Waals surface area contributed by atoms with E-state index >= 15 is 0 Å². The number of benzene rings is 2. The average Bonchev–Trinajstić information content (AvgIpc) is 2.54. The highest BCUT2D eigenvalue weighted by Gasteiger charge is 2.18. The topological polar surface area (TPSA) is 98.5 Å². The van der Waals surface area contributed by atoms with Gasteiger partial charge in [0, 0.05) is 11.8 Å². The van der Waals surface area contributed by atoms with Crippen LogP contribution in [0.4, 0.5) is 11.4 Å². The Morgan fingerprint density at radius 2 is 1.72 bits per heavy atom. The normalized spacial score (nSPS) is 10.2. The number of carbonyl (C=O) groups is 2. The van der Waals surface area contributed by atoms with E-state index in [4.69, 9.17) is 39.5 Å². The van der Waals surface area contributed by atoms with Crippen LogP contribution in [-0.4, -0.2) is 23.4 Å². The number of hydrogen-bond acceptors (Lipinski definition) is 5. The molecule has 7 nitrogen and oxygen atoms in total. The second kappa shape index (κ2) is 8.15. The van der Waals surface area contributed by atoms with Gasteiger partial charge in [0.05, 0.1) is 20.5 Å². The summed E-state index contributed by atoms with van der Waals surface area (Å²) in [6.07, 6.45) is 0. The monoisotopic (exact) mass is 402 g/mol. The van der Waals surface area contributed by atoms with Crippen LogP contribution in [0.25, 0.3) is 0 Å². The van der Waals surface area contributed by atoms with Crippen LogP contribution in [0.3, 0.4) is 0 Å². The van der Waals surface area contributed by atoms with Crippen molar-refractivity contribution in [1.29, 1.82) is 0 Å². The zero-order valence-electron chi connectivity index (χ0n) is 12.3. The molecule has 10 heteroatoms. The van der Waals surface area contributed by atoms with Gasteiger partial charge in [0.1, 0.15) is 5.02 Å². The molecule has 1 amide bonds. The molecule has 0 fully saturated rings. The van der Waals surface area contributed by atoms with Gasteiger partial charge in [-0.1, -0.05) is 40.9 Å². The molecule has 0 bridgehead atoms. The number of anilines is 1. The van der Waals surface area contributed by atoms with Crippen molar-refractivity contribution < 1.29 is 19.2 Å². The first-order valence-corrected chi connectivity index (χ1v) is 7.78. The molecule has 0 radical (unpaired) electrons. The second-order valence-electron chi connectivity index (χ2n) is 4.64. The van der Waals surface area contributed by atoms with Crippen LogP contribution in [0.5, 0.6) is 0 Å². The van der Waals surface area contributed by atoms with E-state index in [1.807, 2.05) is 0 Å². The first kappa shape index (κ1) is 19.0. The molecule has 2 aromatic rings. The highest BCUT2D eigenvalue weighted by Crippen LogP contribution is 2.27. The van der Waals surface area contributed by atoms with Crippen molar-refractivity contribution in [3.05, 3.63) is 67.1 Å². The zero-order chi connectivity index (χ0) is 18.6. The minimum absolute atomic E-state index is 0.0548. The van der Waals surface area contributed by atoms with Crippen LogP contribution < -0.4 is 5.32 Å². The summed E-state index contributed by atoms with van der Waals surface area (Å²) < 4.78 is 4.85. The molecule has 0 spiro atoms. The Bertz CT molecular complexity index is 837. The third kappa shape index (κ3) is 4.82. The molecular formula is C15H9Cl3N2O5. The number of esters is 1. The maximum atomic E-state index is 12.0. The minimum Gasteiger partial charge on any atom is -0.452 e. The van der Waals surface area contributed by atoms with E-state index in [0.29, 0.717) is 0 Å². The van der Waals surface area contributed by atoms with Crippen LogP contribution >= 0.6 is 34.8 Å². The van der Waals surface area contributed by atoms with Crippen molar-refractivity contribution in [3.63, 3.8) is 0 Å². The van der Waals surface area contributed by atoms with Gasteiger partial charge in [0.15, 0.2) is 6.61 Å². The van der Waals surface area contributed by atoms with E-state index in [1.165, 1.54) is 24.3 Å². The first-order chi connectivity index (χ1) is 11.8. The smallest absolute Gasteiger partial charge is 0.341 e. The van der Waals surface area contributed by atoms with Crippen molar-refractivity contribution in [2.24, 2.45) is 0 Å². The highest BCUT2D eigenvalue weighted by molar-refractivity contribution is 6.39. The molecule has 0 aliphatic carbocycles. The van der Waals surface area contributed by atoms with Crippen LogP contribution in [-0.2, 0) is 9.53 Å². The summed E-state index contributed by atoms with van der Waals surface area (Å²) in [5, 5.41) is 13.3. The molecule has 0 aliphatic heterocycles. The molecule has 0 aromatic heterocycles. The van der Waals surface area contributed by atoms with Crippen LogP contribution in [0.15, 0.2) is 36.4 Å². The lowest BCUT2D eigenvalue weighted by atomic mass is 10.2. The number of nitrogens with zero attached hydrogens (tertiary/aromatic N) is 1. The van der Waals surface area contributed by atoms with Gasteiger partial charge in [0.2, 0.25) is 0 Å². The molecule has 2 rings (SSSR count). The van der Waals surface area contributed by atoms with Crippen molar-refractivity contribution in [3.8, 4) is 0 Å². The van der Waals surface area contributed by atoms with Crippen LogP contribution in [0.2, 0.25) is 15.1 Å². The van der Waals surface area contributed by atoms with Gasteiger partial charge < -0.3 is 10.1 Å². The number of halogens is 3. The maximum Gasteiger partial charge on any atom is 0.341 e. The number of nitro benzene ring substituents is 1. The van der Waals surface area contributed by atoms with Gasteiger partial charge >= 0.3 is 5.97 Å². The number of amides is 1. The standard InChI is InChI=1S/C15H9Cl3N2O5/c16-9-5-4-8(6-12(9)20(23)24)19-13(21)7-25-15(22)14-10(17)2-1-3-11(14)18/h1-6H,7H2,(H,19,21). The van der Waals surface area contributed by atoms with E-state index in [1.54, 1.807) is 6.07 Å².